The fourth-order valence-electron chi connectivity index (χ4n) is 2.14. The SMILES string of the molecule is O=C(NCCc1cccc(Cl)c1)N[C@H](CO)c1ccccc1. The molecule has 0 fully saturated rings. The number of hydrogen-bond donors (Lipinski definition) is 3. The minimum Gasteiger partial charge on any atom is -0.394 e. The molecule has 0 aliphatic heterocycles. The van der Waals surface area contributed by atoms with Gasteiger partial charge in [-0.15, -0.1) is 0 Å². The number of aliphatic hydroxyl groups excluding tert-OH is 1. The average Bonchev–Trinajstić information content (AvgIpc) is 2.53. The maximum absolute atomic E-state index is 11.9. The molecule has 0 bridgehead atoms. The van der Waals surface area contributed by atoms with E-state index in [0.29, 0.717) is 18.0 Å². The van der Waals surface area contributed by atoms with Crippen LogP contribution < -0.4 is 10.6 Å². The molecule has 0 saturated carbocycles. The van der Waals surface area contributed by atoms with Gasteiger partial charge in [-0.25, -0.2) is 4.79 Å². The molecule has 2 rings (SSSR count). The quantitative estimate of drug-likeness (QED) is 0.767. The Morgan fingerprint density at radius 2 is 1.91 bits per heavy atom. The third-order valence-corrected chi connectivity index (χ3v) is 3.51. The monoisotopic (exact) mass is 318 g/mol. The highest BCUT2D eigenvalue weighted by molar-refractivity contribution is 6.30. The Hall–Kier alpha value is -2.04. The van der Waals surface area contributed by atoms with E-state index in [1.165, 1.54) is 0 Å². The second-order valence-electron chi connectivity index (χ2n) is 4.93. The van der Waals surface area contributed by atoms with E-state index in [2.05, 4.69) is 10.6 Å². The molecular formula is C17H19ClN2O2. The number of urea groups is 1. The van der Waals surface area contributed by atoms with E-state index < -0.39 is 6.04 Å². The van der Waals surface area contributed by atoms with Crippen LogP contribution in [0.4, 0.5) is 4.79 Å². The number of hydrogen-bond acceptors (Lipinski definition) is 2. The second-order valence-corrected chi connectivity index (χ2v) is 5.36. The van der Waals surface area contributed by atoms with Crippen molar-refractivity contribution >= 4 is 17.6 Å². The Balaban J connectivity index is 1.80. The van der Waals surface area contributed by atoms with E-state index in [9.17, 15) is 9.90 Å². The minimum absolute atomic E-state index is 0.147. The zero-order valence-electron chi connectivity index (χ0n) is 12.1. The predicted molar refractivity (Wildman–Crippen MR) is 88.0 cm³/mol. The largest absolute Gasteiger partial charge is 0.394 e. The van der Waals surface area contributed by atoms with E-state index in [1.54, 1.807) is 0 Å². The fraction of sp³-hybridized carbons (Fsp3) is 0.235. The molecule has 0 radical (unpaired) electrons. The molecule has 116 valence electrons. The summed E-state index contributed by atoms with van der Waals surface area (Å²) in [6, 6.07) is 16.2. The average molecular weight is 319 g/mol. The van der Waals surface area contributed by atoms with Crippen molar-refractivity contribution in [3.05, 3.63) is 70.7 Å². The van der Waals surface area contributed by atoms with Gasteiger partial charge < -0.3 is 15.7 Å². The molecule has 2 aromatic rings. The van der Waals surface area contributed by atoms with Crippen molar-refractivity contribution < 1.29 is 9.90 Å². The lowest BCUT2D eigenvalue weighted by atomic mass is 10.1. The number of aliphatic hydroxyl groups is 1. The van der Waals surface area contributed by atoms with Gasteiger partial charge in [0.15, 0.2) is 0 Å². The van der Waals surface area contributed by atoms with Crippen LogP contribution in [0.3, 0.4) is 0 Å². The van der Waals surface area contributed by atoms with Gasteiger partial charge in [0.05, 0.1) is 12.6 Å². The molecule has 5 heteroatoms. The summed E-state index contributed by atoms with van der Waals surface area (Å²) >= 11 is 5.91. The summed E-state index contributed by atoms with van der Waals surface area (Å²) in [5, 5.41) is 15.6. The smallest absolute Gasteiger partial charge is 0.315 e. The zero-order valence-corrected chi connectivity index (χ0v) is 12.9. The molecule has 0 aliphatic carbocycles. The summed E-state index contributed by atoms with van der Waals surface area (Å²) in [7, 11) is 0. The van der Waals surface area contributed by atoms with Crippen LogP contribution in [0.1, 0.15) is 17.2 Å². The molecule has 3 N–H and O–H groups in total. The molecule has 0 aromatic heterocycles. The van der Waals surface area contributed by atoms with Crippen molar-refractivity contribution in [3.63, 3.8) is 0 Å². The lowest BCUT2D eigenvalue weighted by Crippen LogP contribution is -2.40. The van der Waals surface area contributed by atoms with Crippen LogP contribution in [-0.4, -0.2) is 24.3 Å². The van der Waals surface area contributed by atoms with Gasteiger partial charge in [-0.2, -0.15) is 0 Å². The molecule has 0 heterocycles. The van der Waals surface area contributed by atoms with Gasteiger partial charge in [0.2, 0.25) is 0 Å². The molecule has 2 amide bonds. The molecule has 0 spiro atoms. The minimum atomic E-state index is -0.410. The standard InChI is InChI=1S/C17H19ClN2O2/c18-15-8-4-5-13(11-15)9-10-19-17(22)20-16(12-21)14-6-2-1-3-7-14/h1-8,11,16,21H,9-10,12H2,(H2,19,20,22)/t16-/m1/s1. The molecular weight excluding hydrogens is 300 g/mol. The number of rotatable bonds is 6. The van der Waals surface area contributed by atoms with Crippen LogP contribution in [-0.2, 0) is 6.42 Å². The Labute approximate surface area is 135 Å². The second kappa shape index (κ2) is 8.41. The van der Waals surface area contributed by atoms with Crippen molar-refractivity contribution in [3.8, 4) is 0 Å². The van der Waals surface area contributed by atoms with Crippen LogP contribution in [0.2, 0.25) is 5.02 Å². The molecule has 4 nitrogen and oxygen atoms in total. The number of benzene rings is 2. The highest BCUT2D eigenvalue weighted by Crippen LogP contribution is 2.12. The molecule has 0 unspecified atom stereocenters. The first kappa shape index (κ1) is 16.3. The molecule has 22 heavy (non-hydrogen) atoms. The van der Waals surface area contributed by atoms with Crippen molar-refractivity contribution in [2.75, 3.05) is 13.2 Å². The number of amides is 2. The van der Waals surface area contributed by atoms with Gasteiger partial charge in [0, 0.05) is 11.6 Å². The fourth-order valence-corrected chi connectivity index (χ4v) is 2.35. The van der Waals surface area contributed by atoms with Crippen molar-refractivity contribution in [2.24, 2.45) is 0 Å². The Morgan fingerprint density at radius 3 is 2.59 bits per heavy atom. The number of carbonyl (C=O) groups excluding carboxylic acids is 1. The van der Waals surface area contributed by atoms with Crippen LogP contribution >= 0.6 is 11.6 Å². The summed E-state index contributed by atoms with van der Waals surface area (Å²) in [6.07, 6.45) is 0.698. The van der Waals surface area contributed by atoms with E-state index in [4.69, 9.17) is 11.6 Å². The van der Waals surface area contributed by atoms with Gasteiger partial charge in [-0.3, -0.25) is 0 Å². The summed E-state index contributed by atoms with van der Waals surface area (Å²) in [4.78, 5) is 11.9. The Kier molecular flexibility index (Phi) is 6.25. The van der Waals surface area contributed by atoms with Gasteiger partial charge in [-0.1, -0.05) is 54.1 Å². The first-order valence-electron chi connectivity index (χ1n) is 7.13. The molecule has 2 aromatic carbocycles. The third kappa shape index (κ3) is 5.06. The van der Waals surface area contributed by atoms with Crippen LogP contribution in [0.25, 0.3) is 0 Å². The zero-order chi connectivity index (χ0) is 15.8. The number of halogens is 1. The number of carbonyl (C=O) groups is 1. The van der Waals surface area contributed by atoms with Crippen molar-refractivity contribution in [1.29, 1.82) is 0 Å². The van der Waals surface area contributed by atoms with E-state index in [1.807, 2.05) is 54.6 Å². The summed E-state index contributed by atoms with van der Waals surface area (Å²) in [5.74, 6) is 0. The highest BCUT2D eigenvalue weighted by atomic mass is 35.5. The Morgan fingerprint density at radius 1 is 1.14 bits per heavy atom. The van der Waals surface area contributed by atoms with Gasteiger partial charge >= 0.3 is 6.03 Å². The van der Waals surface area contributed by atoms with Gasteiger partial charge in [-0.05, 0) is 29.7 Å². The molecule has 0 saturated heterocycles. The maximum atomic E-state index is 11.9. The van der Waals surface area contributed by atoms with Crippen LogP contribution in [0.15, 0.2) is 54.6 Å². The molecule has 1 atom stereocenters. The lowest BCUT2D eigenvalue weighted by molar-refractivity contribution is 0.217. The van der Waals surface area contributed by atoms with Crippen molar-refractivity contribution in [1.82, 2.24) is 10.6 Å². The lowest BCUT2D eigenvalue weighted by Gasteiger charge is -2.17. The van der Waals surface area contributed by atoms with Gasteiger partial charge in [0.1, 0.15) is 0 Å². The molecule has 0 aliphatic rings. The van der Waals surface area contributed by atoms with E-state index in [0.717, 1.165) is 11.1 Å². The van der Waals surface area contributed by atoms with Crippen molar-refractivity contribution in [2.45, 2.75) is 12.5 Å². The normalized spacial score (nSPS) is 11.7. The van der Waals surface area contributed by atoms with E-state index in [-0.39, 0.29) is 12.6 Å². The van der Waals surface area contributed by atoms with Crippen LogP contribution in [0, 0.1) is 0 Å². The highest BCUT2D eigenvalue weighted by Gasteiger charge is 2.12. The number of nitrogens with one attached hydrogen (secondary N) is 2. The first-order chi connectivity index (χ1) is 10.7. The summed E-state index contributed by atoms with van der Waals surface area (Å²) in [6.45, 7) is 0.352. The predicted octanol–water partition coefficient (Wildman–Crippen LogP) is 2.92. The summed E-state index contributed by atoms with van der Waals surface area (Å²) in [5.41, 5.74) is 1.93. The third-order valence-electron chi connectivity index (χ3n) is 3.28. The van der Waals surface area contributed by atoms with Gasteiger partial charge in [0.25, 0.3) is 0 Å². The first-order valence-corrected chi connectivity index (χ1v) is 7.51. The van der Waals surface area contributed by atoms with Crippen LogP contribution in [0.5, 0.6) is 0 Å². The summed E-state index contributed by atoms with van der Waals surface area (Å²) < 4.78 is 0. The Bertz CT molecular complexity index is 605. The van der Waals surface area contributed by atoms with E-state index >= 15 is 0 Å². The maximum Gasteiger partial charge on any atom is 0.315 e. The topological polar surface area (TPSA) is 61.4 Å².